The highest BCUT2D eigenvalue weighted by Gasteiger charge is 2.19. The molecule has 94 valence electrons. The molecule has 0 spiro atoms. The quantitative estimate of drug-likeness (QED) is 0.801. The van der Waals surface area contributed by atoms with Gasteiger partial charge in [-0.3, -0.25) is 0 Å². The first kappa shape index (κ1) is 13.1. The zero-order valence-corrected chi connectivity index (χ0v) is 12.0. The molecule has 0 bridgehead atoms. The number of nitrogens with two attached hydrogens (primary N) is 1. The molecule has 1 aliphatic carbocycles. The van der Waals surface area contributed by atoms with Crippen LogP contribution in [0.3, 0.4) is 0 Å². The Morgan fingerprint density at radius 2 is 1.94 bits per heavy atom. The van der Waals surface area contributed by atoms with Crippen molar-refractivity contribution in [3.63, 3.8) is 0 Å². The molecule has 0 saturated heterocycles. The zero-order chi connectivity index (χ0) is 12.1. The summed E-state index contributed by atoms with van der Waals surface area (Å²) in [6.45, 7) is 0.807. The number of unbranched alkanes of at least 4 members (excludes halogenated alkanes) is 1. The predicted octanol–water partition coefficient (Wildman–Crippen LogP) is 4.39. The van der Waals surface area contributed by atoms with Crippen LogP contribution in [0.5, 0.6) is 0 Å². The fraction of sp³-hybridized carbons (Fsp3) is 0.600. The molecule has 17 heavy (non-hydrogen) atoms. The maximum Gasteiger partial charge on any atom is 0.0212 e. The number of benzene rings is 1. The first-order valence-corrected chi connectivity index (χ1v) is 7.59. The molecule has 1 aromatic rings. The molecule has 0 heterocycles. The molecule has 0 aliphatic heterocycles. The van der Waals surface area contributed by atoms with Gasteiger partial charge in [-0.2, -0.15) is 0 Å². The standard InChI is InChI=1S/C15H22BrN/c16-15-11-12(5-3-4-10-17)8-9-14(15)13-6-1-2-7-13/h8-9,11,13H,1-7,10,17H2. The predicted molar refractivity (Wildman–Crippen MR) is 77.3 cm³/mol. The molecule has 0 radical (unpaired) electrons. The largest absolute Gasteiger partial charge is 0.330 e. The molecule has 0 amide bonds. The second-order valence-electron chi connectivity index (χ2n) is 5.08. The minimum absolute atomic E-state index is 0.794. The van der Waals surface area contributed by atoms with Gasteiger partial charge in [0.25, 0.3) is 0 Å². The summed E-state index contributed by atoms with van der Waals surface area (Å²) in [6.07, 6.45) is 9.01. The maximum absolute atomic E-state index is 5.52. The minimum Gasteiger partial charge on any atom is -0.330 e. The third-order valence-corrected chi connectivity index (χ3v) is 4.47. The minimum atomic E-state index is 0.794. The third-order valence-electron chi connectivity index (χ3n) is 3.78. The second-order valence-corrected chi connectivity index (χ2v) is 5.94. The third kappa shape index (κ3) is 3.56. The lowest BCUT2D eigenvalue weighted by atomic mass is 9.96. The van der Waals surface area contributed by atoms with Gasteiger partial charge in [0.05, 0.1) is 0 Å². The SMILES string of the molecule is NCCCCc1ccc(C2CCCC2)c(Br)c1. The van der Waals surface area contributed by atoms with Crippen LogP contribution < -0.4 is 5.73 Å². The monoisotopic (exact) mass is 295 g/mol. The van der Waals surface area contributed by atoms with Crippen LogP contribution in [0.15, 0.2) is 22.7 Å². The Bertz CT molecular complexity index is 356. The second kappa shape index (κ2) is 6.55. The van der Waals surface area contributed by atoms with Crippen LogP contribution in [0.4, 0.5) is 0 Å². The number of hydrogen-bond acceptors (Lipinski definition) is 1. The summed E-state index contributed by atoms with van der Waals surface area (Å²) in [5.41, 5.74) is 8.48. The van der Waals surface area contributed by atoms with E-state index in [1.807, 2.05) is 0 Å². The number of aryl methyl sites for hydroxylation is 1. The number of halogens is 1. The molecule has 1 aromatic carbocycles. The van der Waals surface area contributed by atoms with Gasteiger partial charge in [-0.25, -0.2) is 0 Å². The van der Waals surface area contributed by atoms with Crippen molar-refractivity contribution in [1.82, 2.24) is 0 Å². The van der Waals surface area contributed by atoms with E-state index >= 15 is 0 Å². The van der Waals surface area contributed by atoms with Crippen molar-refractivity contribution in [1.29, 1.82) is 0 Å². The first-order valence-electron chi connectivity index (χ1n) is 6.79. The molecule has 2 N–H and O–H groups in total. The Hall–Kier alpha value is -0.340. The van der Waals surface area contributed by atoms with Gasteiger partial charge >= 0.3 is 0 Å². The molecule has 0 atom stereocenters. The van der Waals surface area contributed by atoms with E-state index in [-0.39, 0.29) is 0 Å². The Kier molecular flexibility index (Phi) is 5.05. The van der Waals surface area contributed by atoms with Gasteiger partial charge in [-0.15, -0.1) is 0 Å². The summed E-state index contributed by atoms with van der Waals surface area (Å²) in [4.78, 5) is 0. The van der Waals surface area contributed by atoms with E-state index in [0.29, 0.717) is 0 Å². The average molecular weight is 296 g/mol. The van der Waals surface area contributed by atoms with E-state index in [0.717, 1.165) is 25.3 Å². The summed E-state index contributed by atoms with van der Waals surface area (Å²) in [5, 5.41) is 0. The van der Waals surface area contributed by atoms with Crippen molar-refractivity contribution in [3.8, 4) is 0 Å². The van der Waals surface area contributed by atoms with E-state index in [1.165, 1.54) is 47.7 Å². The van der Waals surface area contributed by atoms with Crippen LogP contribution in [-0.4, -0.2) is 6.54 Å². The van der Waals surface area contributed by atoms with E-state index in [1.54, 1.807) is 0 Å². The topological polar surface area (TPSA) is 26.0 Å². The molecule has 0 aromatic heterocycles. The molecule has 1 nitrogen and oxygen atoms in total. The van der Waals surface area contributed by atoms with Crippen molar-refractivity contribution >= 4 is 15.9 Å². The van der Waals surface area contributed by atoms with Crippen LogP contribution in [0.1, 0.15) is 55.6 Å². The molecule has 2 heteroatoms. The summed E-state index contributed by atoms with van der Waals surface area (Å²) in [7, 11) is 0. The molecule has 1 saturated carbocycles. The number of hydrogen-bond donors (Lipinski definition) is 1. The Morgan fingerprint density at radius 3 is 2.59 bits per heavy atom. The van der Waals surface area contributed by atoms with E-state index in [4.69, 9.17) is 5.73 Å². The van der Waals surface area contributed by atoms with Crippen LogP contribution in [-0.2, 0) is 6.42 Å². The van der Waals surface area contributed by atoms with Crippen LogP contribution >= 0.6 is 15.9 Å². The Labute approximate surface area is 113 Å². The van der Waals surface area contributed by atoms with Gasteiger partial charge in [0.2, 0.25) is 0 Å². The fourth-order valence-electron chi connectivity index (χ4n) is 2.77. The van der Waals surface area contributed by atoms with Crippen LogP contribution in [0.25, 0.3) is 0 Å². The highest BCUT2D eigenvalue weighted by Crippen LogP contribution is 2.37. The lowest BCUT2D eigenvalue weighted by Gasteiger charge is -2.13. The van der Waals surface area contributed by atoms with Crippen molar-refractivity contribution in [2.75, 3.05) is 6.54 Å². The molecule has 0 unspecified atom stereocenters. The molecule has 2 rings (SSSR count). The summed E-state index contributed by atoms with van der Waals surface area (Å²) in [5.74, 6) is 0.794. The van der Waals surface area contributed by atoms with Gasteiger partial charge in [-0.1, -0.05) is 40.9 Å². The van der Waals surface area contributed by atoms with Gasteiger partial charge in [0.15, 0.2) is 0 Å². The van der Waals surface area contributed by atoms with Crippen molar-refractivity contribution in [2.24, 2.45) is 5.73 Å². The lowest BCUT2D eigenvalue weighted by Crippen LogP contribution is -1.99. The zero-order valence-electron chi connectivity index (χ0n) is 10.4. The normalized spacial score (nSPS) is 16.6. The fourth-order valence-corrected chi connectivity index (χ4v) is 3.52. The van der Waals surface area contributed by atoms with Crippen molar-refractivity contribution in [3.05, 3.63) is 33.8 Å². The molecular formula is C15H22BrN. The van der Waals surface area contributed by atoms with Gasteiger partial charge < -0.3 is 5.73 Å². The number of rotatable bonds is 5. The Balaban J connectivity index is 2.00. The van der Waals surface area contributed by atoms with Crippen molar-refractivity contribution < 1.29 is 0 Å². The van der Waals surface area contributed by atoms with Gasteiger partial charge in [0, 0.05) is 4.47 Å². The average Bonchev–Trinajstić information content (AvgIpc) is 2.83. The van der Waals surface area contributed by atoms with E-state index < -0.39 is 0 Å². The molecule has 1 fully saturated rings. The molecule has 1 aliphatic rings. The van der Waals surface area contributed by atoms with E-state index in [9.17, 15) is 0 Å². The maximum atomic E-state index is 5.52. The highest BCUT2D eigenvalue weighted by molar-refractivity contribution is 9.10. The molecular weight excluding hydrogens is 274 g/mol. The highest BCUT2D eigenvalue weighted by atomic mass is 79.9. The summed E-state index contributed by atoms with van der Waals surface area (Å²) < 4.78 is 1.31. The Morgan fingerprint density at radius 1 is 1.18 bits per heavy atom. The first-order chi connectivity index (χ1) is 8.31. The van der Waals surface area contributed by atoms with Gasteiger partial charge in [0.1, 0.15) is 0 Å². The lowest BCUT2D eigenvalue weighted by molar-refractivity contribution is 0.716. The summed E-state index contributed by atoms with van der Waals surface area (Å²) in [6, 6.07) is 6.94. The van der Waals surface area contributed by atoms with Gasteiger partial charge in [-0.05, 0) is 61.8 Å². The van der Waals surface area contributed by atoms with Crippen LogP contribution in [0.2, 0.25) is 0 Å². The summed E-state index contributed by atoms with van der Waals surface area (Å²) >= 11 is 3.74. The smallest absolute Gasteiger partial charge is 0.0212 e. The van der Waals surface area contributed by atoms with E-state index in [2.05, 4.69) is 34.1 Å². The van der Waals surface area contributed by atoms with Crippen LogP contribution in [0, 0.1) is 0 Å². The van der Waals surface area contributed by atoms with Crippen molar-refractivity contribution in [2.45, 2.75) is 50.9 Å².